The van der Waals surface area contributed by atoms with Gasteiger partial charge in [-0.1, -0.05) is 12.1 Å². The average molecular weight is 365 g/mol. The summed E-state index contributed by atoms with van der Waals surface area (Å²) in [5.74, 6) is 1.29. The van der Waals surface area contributed by atoms with Gasteiger partial charge in [0.05, 0.1) is 13.2 Å². The largest absolute Gasteiger partial charge is 0.383 e. The van der Waals surface area contributed by atoms with E-state index in [9.17, 15) is 4.39 Å². The summed E-state index contributed by atoms with van der Waals surface area (Å²) in [6.07, 6.45) is 2.39. The van der Waals surface area contributed by atoms with Gasteiger partial charge in [0.2, 0.25) is 0 Å². The van der Waals surface area contributed by atoms with Crippen LogP contribution < -0.4 is 10.6 Å². The Morgan fingerprint density at radius 1 is 1.31 bits per heavy atom. The van der Waals surface area contributed by atoms with Gasteiger partial charge in [0.1, 0.15) is 5.82 Å². The molecule has 1 aliphatic rings. The number of hydrogen-bond donors (Lipinski definition) is 2. The maximum atomic E-state index is 13.7. The number of nitrogens with zero attached hydrogens (tertiary/aromatic N) is 2. The lowest BCUT2D eigenvalue weighted by molar-refractivity contribution is 0.121. The predicted octanol–water partition coefficient (Wildman–Crippen LogP) is 2.55. The van der Waals surface area contributed by atoms with Crippen molar-refractivity contribution in [3.8, 4) is 0 Å². The van der Waals surface area contributed by atoms with E-state index in [0.29, 0.717) is 18.0 Å². The van der Waals surface area contributed by atoms with Gasteiger partial charge in [-0.05, 0) is 62.9 Å². The molecule has 0 spiro atoms. The van der Waals surface area contributed by atoms with E-state index in [1.165, 1.54) is 12.8 Å². The Kier molecular flexibility index (Phi) is 8.85. The molecule has 2 N–H and O–H groups in total. The number of hydrogen-bond acceptors (Lipinski definition) is 3. The lowest BCUT2D eigenvalue weighted by atomic mass is 9.97. The smallest absolute Gasteiger partial charge is 0.191 e. The minimum Gasteiger partial charge on any atom is -0.383 e. The molecule has 1 fully saturated rings. The van der Waals surface area contributed by atoms with Crippen LogP contribution in [0.15, 0.2) is 23.2 Å². The summed E-state index contributed by atoms with van der Waals surface area (Å²) in [4.78, 5) is 7.06. The van der Waals surface area contributed by atoms with Gasteiger partial charge < -0.3 is 20.3 Å². The molecule has 0 saturated carbocycles. The van der Waals surface area contributed by atoms with E-state index >= 15 is 0 Å². The van der Waals surface area contributed by atoms with Gasteiger partial charge >= 0.3 is 0 Å². The Balaban J connectivity index is 1.79. The summed E-state index contributed by atoms with van der Waals surface area (Å²) >= 11 is 0. The Bertz CT molecular complexity index is 571. The minimum absolute atomic E-state index is 0.170. The number of benzene rings is 1. The van der Waals surface area contributed by atoms with Gasteiger partial charge in [0.15, 0.2) is 5.96 Å². The fourth-order valence-electron chi connectivity index (χ4n) is 3.12. The number of likely N-dealkylation sites (tertiary alicyclic amines) is 1. The molecule has 6 heteroatoms. The SMILES string of the molecule is CCNC(=NCc1ccc(C)c(F)c1)NCC1CCN(CCOC)CC1. The van der Waals surface area contributed by atoms with Gasteiger partial charge in [-0.25, -0.2) is 9.38 Å². The molecule has 26 heavy (non-hydrogen) atoms. The maximum Gasteiger partial charge on any atom is 0.191 e. The van der Waals surface area contributed by atoms with Gasteiger partial charge in [-0.2, -0.15) is 0 Å². The highest BCUT2D eigenvalue weighted by Crippen LogP contribution is 2.16. The third-order valence-electron chi connectivity index (χ3n) is 4.88. The lowest BCUT2D eigenvalue weighted by Gasteiger charge is -2.32. The van der Waals surface area contributed by atoms with Crippen LogP contribution in [0.1, 0.15) is 30.9 Å². The van der Waals surface area contributed by atoms with Crippen LogP contribution >= 0.6 is 0 Å². The highest BCUT2D eigenvalue weighted by molar-refractivity contribution is 5.79. The molecule has 1 aliphatic heterocycles. The molecule has 0 unspecified atom stereocenters. The highest BCUT2D eigenvalue weighted by Gasteiger charge is 2.18. The molecular formula is C20H33FN4O. The second-order valence-corrected chi connectivity index (χ2v) is 6.94. The van der Waals surface area contributed by atoms with E-state index in [2.05, 4.69) is 27.4 Å². The number of guanidine groups is 1. The van der Waals surface area contributed by atoms with Crippen LogP contribution in [0.3, 0.4) is 0 Å². The number of piperidine rings is 1. The molecule has 0 radical (unpaired) electrons. The van der Waals surface area contributed by atoms with E-state index < -0.39 is 0 Å². The van der Waals surface area contributed by atoms with Gasteiger partial charge in [-0.15, -0.1) is 0 Å². The highest BCUT2D eigenvalue weighted by atomic mass is 19.1. The van der Waals surface area contributed by atoms with E-state index in [1.54, 1.807) is 26.2 Å². The van der Waals surface area contributed by atoms with Crippen LogP contribution in [-0.4, -0.2) is 57.3 Å². The standard InChI is InChI=1S/C20H33FN4O/c1-4-22-20(24-15-18-6-5-16(2)19(21)13-18)23-14-17-7-9-25(10-8-17)11-12-26-3/h5-6,13,17H,4,7-12,14-15H2,1-3H3,(H2,22,23,24). The number of aryl methyl sites for hydroxylation is 1. The summed E-state index contributed by atoms with van der Waals surface area (Å²) in [6, 6.07) is 5.30. The number of ether oxygens (including phenoxy) is 1. The normalized spacial score (nSPS) is 16.7. The topological polar surface area (TPSA) is 48.9 Å². The van der Waals surface area contributed by atoms with Crippen LogP contribution in [0.2, 0.25) is 0 Å². The Morgan fingerprint density at radius 2 is 2.08 bits per heavy atom. The molecule has 0 atom stereocenters. The summed E-state index contributed by atoms with van der Waals surface area (Å²) in [6.45, 7) is 10.1. The van der Waals surface area contributed by atoms with E-state index in [4.69, 9.17) is 4.74 Å². The molecule has 1 saturated heterocycles. The zero-order valence-electron chi connectivity index (χ0n) is 16.4. The molecule has 146 valence electrons. The molecule has 2 rings (SSSR count). The van der Waals surface area contributed by atoms with Crippen molar-refractivity contribution < 1.29 is 9.13 Å². The zero-order valence-corrected chi connectivity index (χ0v) is 16.4. The molecule has 0 amide bonds. The number of aliphatic imine (C=N–C) groups is 1. The van der Waals surface area contributed by atoms with E-state index in [-0.39, 0.29) is 5.82 Å². The summed E-state index contributed by atoms with van der Waals surface area (Å²) in [7, 11) is 1.75. The predicted molar refractivity (Wildman–Crippen MR) is 105 cm³/mol. The zero-order chi connectivity index (χ0) is 18.8. The van der Waals surface area contributed by atoms with Crippen LogP contribution in [0.25, 0.3) is 0 Å². The van der Waals surface area contributed by atoms with E-state index in [0.717, 1.165) is 50.9 Å². The number of halogens is 1. The first-order valence-corrected chi connectivity index (χ1v) is 9.60. The number of rotatable bonds is 8. The second kappa shape index (κ2) is 11.1. The quantitative estimate of drug-likeness (QED) is 0.550. The Morgan fingerprint density at radius 3 is 2.73 bits per heavy atom. The number of nitrogens with one attached hydrogen (secondary N) is 2. The monoisotopic (exact) mass is 364 g/mol. The van der Waals surface area contributed by atoms with Gasteiger partial charge in [0, 0.05) is 26.7 Å². The lowest BCUT2D eigenvalue weighted by Crippen LogP contribution is -2.43. The fraction of sp³-hybridized carbons (Fsp3) is 0.650. The Hall–Kier alpha value is -1.66. The van der Waals surface area contributed by atoms with Crippen molar-refractivity contribution in [1.82, 2.24) is 15.5 Å². The first-order chi connectivity index (χ1) is 12.6. The minimum atomic E-state index is -0.170. The summed E-state index contributed by atoms with van der Waals surface area (Å²) in [5.41, 5.74) is 1.55. The summed E-state index contributed by atoms with van der Waals surface area (Å²) in [5, 5.41) is 6.72. The van der Waals surface area contributed by atoms with Crippen LogP contribution in [-0.2, 0) is 11.3 Å². The van der Waals surface area contributed by atoms with Crippen molar-refractivity contribution in [3.63, 3.8) is 0 Å². The molecule has 5 nitrogen and oxygen atoms in total. The third kappa shape index (κ3) is 6.92. The summed E-state index contributed by atoms with van der Waals surface area (Å²) < 4.78 is 18.8. The second-order valence-electron chi connectivity index (χ2n) is 6.94. The molecule has 0 aliphatic carbocycles. The third-order valence-corrected chi connectivity index (χ3v) is 4.88. The van der Waals surface area contributed by atoms with Crippen molar-refractivity contribution in [1.29, 1.82) is 0 Å². The molecular weight excluding hydrogens is 331 g/mol. The first-order valence-electron chi connectivity index (χ1n) is 9.60. The molecule has 1 heterocycles. The molecule has 1 aromatic rings. The van der Waals surface area contributed by atoms with Crippen molar-refractivity contribution >= 4 is 5.96 Å². The van der Waals surface area contributed by atoms with Crippen LogP contribution in [0.4, 0.5) is 4.39 Å². The average Bonchev–Trinajstić information content (AvgIpc) is 2.66. The van der Waals surface area contributed by atoms with Crippen molar-refractivity contribution in [2.75, 3.05) is 46.4 Å². The van der Waals surface area contributed by atoms with Crippen molar-refractivity contribution in [2.45, 2.75) is 33.2 Å². The van der Waals surface area contributed by atoms with Crippen LogP contribution in [0.5, 0.6) is 0 Å². The van der Waals surface area contributed by atoms with Crippen LogP contribution in [0, 0.1) is 18.7 Å². The fourth-order valence-corrected chi connectivity index (χ4v) is 3.12. The van der Waals surface area contributed by atoms with Crippen molar-refractivity contribution in [2.24, 2.45) is 10.9 Å². The van der Waals surface area contributed by atoms with Gasteiger partial charge in [0.25, 0.3) is 0 Å². The van der Waals surface area contributed by atoms with Crippen molar-refractivity contribution in [3.05, 3.63) is 35.1 Å². The molecule has 0 aromatic heterocycles. The maximum absolute atomic E-state index is 13.7. The first kappa shape index (κ1) is 20.6. The Labute approximate surface area is 157 Å². The van der Waals surface area contributed by atoms with Gasteiger partial charge in [-0.3, -0.25) is 0 Å². The van der Waals surface area contributed by atoms with E-state index in [1.807, 2.05) is 6.07 Å². The molecule has 1 aromatic carbocycles. The number of methoxy groups -OCH3 is 1. The molecule has 0 bridgehead atoms.